The van der Waals surface area contributed by atoms with Crippen LogP contribution < -0.4 is 16.1 Å². The lowest BCUT2D eigenvalue weighted by Gasteiger charge is -2.25. The van der Waals surface area contributed by atoms with Crippen LogP contribution in [0.4, 0.5) is 9.93 Å². The highest BCUT2D eigenvalue weighted by molar-refractivity contribution is 8.01. The normalized spacial score (nSPS) is 19.1. The van der Waals surface area contributed by atoms with Crippen molar-refractivity contribution >= 4 is 46.1 Å². The number of amides is 4. The molecule has 3 rings (SSSR count). The Labute approximate surface area is 163 Å². The van der Waals surface area contributed by atoms with E-state index in [0.29, 0.717) is 21.5 Å². The molecule has 4 amide bonds. The van der Waals surface area contributed by atoms with Crippen LogP contribution in [0.3, 0.4) is 0 Å². The summed E-state index contributed by atoms with van der Waals surface area (Å²) in [6.45, 7) is 1.81. The van der Waals surface area contributed by atoms with Crippen LogP contribution >= 0.6 is 23.1 Å². The molecule has 0 aliphatic carbocycles. The van der Waals surface area contributed by atoms with Gasteiger partial charge >= 0.3 is 6.03 Å². The smallest absolute Gasteiger partial charge is 0.344 e. The number of urea groups is 1. The standard InChI is InChI=1S/C16H18N6O3S2/c1-3-16(10-7-5-4-6-8-10)12(24)22(14(25)18-16)21-11(23)9-26-15-20-19-13(17-2)27-15/h4-8H,3,9H2,1-2H3,(H,17,19)(H,18,25)(H,21,23). The molecule has 1 aliphatic heterocycles. The van der Waals surface area contributed by atoms with Gasteiger partial charge in [-0.25, -0.2) is 4.79 Å². The average Bonchev–Trinajstić information content (AvgIpc) is 3.25. The molecule has 1 aliphatic rings. The van der Waals surface area contributed by atoms with E-state index in [9.17, 15) is 14.4 Å². The van der Waals surface area contributed by atoms with Crippen LogP contribution in [-0.4, -0.2) is 45.9 Å². The number of aromatic nitrogens is 2. The molecule has 0 bridgehead atoms. The van der Waals surface area contributed by atoms with E-state index in [1.54, 1.807) is 38.2 Å². The predicted octanol–water partition coefficient (Wildman–Crippen LogP) is 1.56. The van der Waals surface area contributed by atoms with Crippen LogP contribution in [0, 0.1) is 0 Å². The van der Waals surface area contributed by atoms with E-state index in [4.69, 9.17) is 0 Å². The summed E-state index contributed by atoms with van der Waals surface area (Å²) in [6, 6.07) is 8.32. The van der Waals surface area contributed by atoms with E-state index in [0.717, 1.165) is 5.01 Å². The first kappa shape index (κ1) is 19.1. The highest BCUT2D eigenvalue weighted by Gasteiger charge is 2.52. The molecule has 1 atom stereocenters. The van der Waals surface area contributed by atoms with Gasteiger partial charge in [-0.3, -0.25) is 15.0 Å². The van der Waals surface area contributed by atoms with E-state index in [2.05, 4.69) is 26.3 Å². The number of thioether (sulfide) groups is 1. The zero-order valence-corrected chi connectivity index (χ0v) is 16.3. The molecule has 0 spiro atoms. The minimum atomic E-state index is -1.18. The summed E-state index contributed by atoms with van der Waals surface area (Å²) in [5.41, 5.74) is 1.87. The Balaban J connectivity index is 1.67. The number of hydrazine groups is 1. The predicted molar refractivity (Wildman–Crippen MR) is 102 cm³/mol. The van der Waals surface area contributed by atoms with Crippen molar-refractivity contribution in [2.75, 3.05) is 18.1 Å². The molecule has 3 N–H and O–H groups in total. The topological polar surface area (TPSA) is 116 Å². The molecule has 1 fully saturated rings. The highest BCUT2D eigenvalue weighted by atomic mass is 32.2. The largest absolute Gasteiger partial charge is 0.363 e. The average molecular weight is 406 g/mol. The Morgan fingerprint density at radius 1 is 1.30 bits per heavy atom. The summed E-state index contributed by atoms with van der Waals surface area (Å²) in [5.74, 6) is -0.988. The molecule has 1 aromatic heterocycles. The van der Waals surface area contributed by atoms with Crippen molar-refractivity contribution < 1.29 is 14.4 Å². The Hall–Kier alpha value is -2.66. The number of imide groups is 1. The van der Waals surface area contributed by atoms with Crippen molar-refractivity contribution in [2.45, 2.75) is 23.2 Å². The molecule has 142 valence electrons. The van der Waals surface area contributed by atoms with Crippen molar-refractivity contribution in [3.8, 4) is 0 Å². The van der Waals surface area contributed by atoms with Gasteiger partial charge in [-0.15, -0.1) is 10.2 Å². The number of nitrogens with one attached hydrogen (secondary N) is 3. The van der Waals surface area contributed by atoms with E-state index in [-0.39, 0.29) is 5.75 Å². The second-order valence-corrected chi connectivity index (χ2v) is 7.84. The van der Waals surface area contributed by atoms with Crippen molar-refractivity contribution in [3.63, 3.8) is 0 Å². The van der Waals surface area contributed by atoms with Gasteiger partial charge in [-0.2, -0.15) is 5.01 Å². The SMILES string of the molecule is CCC1(c2ccccc2)NC(=O)N(NC(=O)CSc2nnc(NC)s2)C1=O. The first-order valence-electron chi connectivity index (χ1n) is 8.16. The zero-order valence-electron chi connectivity index (χ0n) is 14.7. The summed E-state index contributed by atoms with van der Waals surface area (Å²) < 4.78 is 0.610. The fourth-order valence-electron chi connectivity index (χ4n) is 2.69. The number of hydrogen-bond acceptors (Lipinski definition) is 8. The fourth-order valence-corrected chi connectivity index (χ4v) is 4.19. The Morgan fingerprint density at radius 3 is 2.67 bits per heavy atom. The lowest BCUT2D eigenvalue weighted by molar-refractivity contribution is -0.138. The van der Waals surface area contributed by atoms with Gasteiger partial charge in [0.15, 0.2) is 4.34 Å². The van der Waals surface area contributed by atoms with Crippen LogP contribution in [0.5, 0.6) is 0 Å². The summed E-state index contributed by atoms with van der Waals surface area (Å²) in [4.78, 5) is 37.5. The van der Waals surface area contributed by atoms with Crippen LogP contribution in [0.15, 0.2) is 34.7 Å². The molecule has 0 saturated carbocycles. The zero-order chi connectivity index (χ0) is 19.4. The van der Waals surface area contributed by atoms with E-state index < -0.39 is 23.4 Å². The Kier molecular flexibility index (Phi) is 5.61. The summed E-state index contributed by atoms with van der Waals surface area (Å²) in [7, 11) is 1.73. The van der Waals surface area contributed by atoms with Crippen LogP contribution in [0.25, 0.3) is 0 Å². The molecule has 2 aromatic rings. The van der Waals surface area contributed by atoms with Crippen molar-refractivity contribution in [2.24, 2.45) is 0 Å². The maximum Gasteiger partial charge on any atom is 0.344 e. The second-order valence-electron chi connectivity index (χ2n) is 5.64. The van der Waals surface area contributed by atoms with Crippen molar-refractivity contribution in [1.29, 1.82) is 0 Å². The minimum absolute atomic E-state index is 0.000129. The second kappa shape index (κ2) is 7.92. The molecule has 27 heavy (non-hydrogen) atoms. The summed E-state index contributed by atoms with van der Waals surface area (Å²) in [6.07, 6.45) is 0.361. The maximum absolute atomic E-state index is 12.9. The summed E-state index contributed by atoms with van der Waals surface area (Å²) >= 11 is 2.48. The van der Waals surface area contributed by atoms with Crippen molar-refractivity contribution in [3.05, 3.63) is 35.9 Å². The molecule has 9 nitrogen and oxygen atoms in total. The van der Waals surface area contributed by atoms with E-state index >= 15 is 0 Å². The van der Waals surface area contributed by atoms with Crippen LogP contribution in [0.2, 0.25) is 0 Å². The number of carbonyl (C=O) groups is 3. The van der Waals surface area contributed by atoms with Gasteiger partial charge in [0.05, 0.1) is 5.75 Å². The van der Waals surface area contributed by atoms with Crippen molar-refractivity contribution in [1.82, 2.24) is 25.9 Å². The lowest BCUT2D eigenvalue weighted by atomic mass is 9.87. The van der Waals surface area contributed by atoms with Gasteiger partial charge in [-0.05, 0) is 12.0 Å². The first-order valence-corrected chi connectivity index (χ1v) is 9.96. The third kappa shape index (κ3) is 3.74. The third-order valence-electron chi connectivity index (χ3n) is 4.07. The van der Waals surface area contributed by atoms with Gasteiger partial charge in [0.2, 0.25) is 11.0 Å². The molecule has 1 aromatic carbocycles. The van der Waals surface area contributed by atoms with Gasteiger partial charge in [0.25, 0.3) is 5.91 Å². The Morgan fingerprint density at radius 2 is 2.04 bits per heavy atom. The molecule has 11 heteroatoms. The van der Waals surface area contributed by atoms with Gasteiger partial charge < -0.3 is 10.6 Å². The highest BCUT2D eigenvalue weighted by Crippen LogP contribution is 2.31. The molecular weight excluding hydrogens is 388 g/mol. The molecule has 1 saturated heterocycles. The molecule has 2 heterocycles. The molecule has 1 unspecified atom stereocenters. The fraction of sp³-hybridized carbons (Fsp3) is 0.312. The molecular formula is C16H18N6O3S2. The number of hydrogen-bond donors (Lipinski definition) is 3. The van der Waals surface area contributed by atoms with E-state index in [1.165, 1.54) is 23.1 Å². The number of rotatable bonds is 7. The van der Waals surface area contributed by atoms with Crippen LogP contribution in [0.1, 0.15) is 18.9 Å². The van der Waals surface area contributed by atoms with Gasteiger partial charge in [0.1, 0.15) is 5.54 Å². The number of nitrogens with zero attached hydrogens (tertiary/aromatic N) is 3. The van der Waals surface area contributed by atoms with E-state index in [1.807, 2.05) is 6.07 Å². The summed E-state index contributed by atoms with van der Waals surface area (Å²) in [5, 5.41) is 14.8. The number of anilines is 1. The number of benzene rings is 1. The monoisotopic (exact) mass is 406 g/mol. The lowest BCUT2D eigenvalue weighted by Crippen LogP contribution is -2.49. The minimum Gasteiger partial charge on any atom is -0.363 e. The Bertz CT molecular complexity index is 859. The maximum atomic E-state index is 12.9. The molecule has 0 radical (unpaired) electrons. The third-order valence-corrected chi connectivity index (χ3v) is 6.15. The van der Waals surface area contributed by atoms with Crippen LogP contribution in [-0.2, 0) is 15.1 Å². The first-order chi connectivity index (χ1) is 13.0. The number of carbonyl (C=O) groups excluding carboxylic acids is 3. The van der Waals surface area contributed by atoms with Gasteiger partial charge in [0, 0.05) is 7.05 Å². The quantitative estimate of drug-likeness (QED) is 0.472. The van der Waals surface area contributed by atoms with Gasteiger partial charge in [-0.1, -0.05) is 60.4 Å².